The third-order valence-electron chi connectivity index (χ3n) is 3.00. The quantitative estimate of drug-likeness (QED) is 0.778. The van der Waals surface area contributed by atoms with Gasteiger partial charge in [0.15, 0.2) is 5.78 Å². The van der Waals surface area contributed by atoms with Crippen molar-refractivity contribution in [2.45, 2.75) is 6.42 Å². The van der Waals surface area contributed by atoms with Crippen LogP contribution in [0.5, 0.6) is 11.5 Å². The van der Waals surface area contributed by atoms with Crippen molar-refractivity contribution >= 4 is 21.7 Å². The van der Waals surface area contributed by atoms with E-state index >= 15 is 0 Å². The van der Waals surface area contributed by atoms with Gasteiger partial charge in [-0.1, -0.05) is 12.1 Å². The van der Waals surface area contributed by atoms with Crippen LogP contribution in [0.3, 0.4) is 0 Å². The van der Waals surface area contributed by atoms with Crippen molar-refractivity contribution < 1.29 is 14.3 Å². The topological polar surface area (TPSA) is 35.5 Å². The number of carbonyl (C=O) groups is 1. The van der Waals surface area contributed by atoms with Crippen LogP contribution in [-0.4, -0.2) is 20.0 Å². The second kappa shape index (κ2) is 6.57. The van der Waals surface area contributed by atoms with E-state index in [1.54, 1.807) is 32.4 Å². The van der Waals surface area contributed by atoms with Crippen molar-refractivity contribution in [2.24, 2.45) is 0 Å². The predicted octanol–water partition coefficient (Wildman–Crippen LogP) is 3.89. The lowest BCUT2D eigenvalue weighted by Crippen LogP contribution is -2.03. The number of hydrogen-bond donors (Lipinski definition) is 0. The highest BCUT2D eigenvalue weighted by Gasteiger charge is 2.10. The van der Waals surface area contributed by atoms with Crippen LogP contribution in [0.15, 0.2) is 46.9 Å². The third kappa shape index (κ3) is 3.39. The van der Waals surface area contributed by atoms with Gasteiger partial charge in [0.25, 0.3) is 0 Å². The molecule has 0 spiro atoms. The van der Waals surface area contributed by atoms with Gasteiger partial charge in [0.1, 0.15) is 11.5 Å². The van der Waals surface area contributed by atoms with Gasteiger partial charge in [0.05, 0.1) is 18.7 Å². The second-order valence-electron chi connectivity index (χ2n) is 4.30. The van der Waals surface area contributed by atoms with Crippen LogP contribution in [0, 0.1) is 0 Å². The molecule has 0 heterocycles. The van der Waals surface area contributed by atoms with Gasteiger partial charge < -0.3 is 9.47 Å². The maximum atomic E-state index is 12.2. The molecular formula is C16H15BrO3. The van der Waals surface area contributed by atoms with Crippen LogP contribution in [0.2, 0.25) is 0 Å². The summed E-state index contributed by atoms with van der Waals surface area (Å²) in [6.45, 7) is 0. The Balaban J connectivity index is 2.12. The van der Waals surface area contributed by atoms with Crippen LogP contribution < -0.4 is 9.47 Å². The first-order valence-corrected chi connectivity index (χ1v) is 6.93. The Morgan fingerprint density at radius 2 is 1.75 bits per heavy atom. The Kier molecular flexibility index (Phi) is 4.79. The second-order valence-corrected chi connectivity index (χ2v) is 5.15. The zero-order chi connectivity index (χ0) is 14.5. The standard InChI is InChI=1S/C16H15BrO3/c1-19-13-6-3-11(4-7-13)9-15(18)12-5-8-16(20-2)14(17)10-12/h3-8,10H,9H2,1-2H3. The minimum atomic E-state index is 0.0681. The highest BCUT2D eigenvalue weighted by Crippen LogP contribution is 2.26. The summed E-state index contributed by atoms with van der Waals surface area (Å²) in [5, 5.41) is 0. The molecule has 0 unspecified atom stereocenters. The number of benzene rings is 2. The Hall–Kier alpha value is -1.81. The molecule has 0 radical (unpaired) electrons. The molecule has 0 aliphatic rings. The van der Waals surface area contributed by atoms with E-state index in [-0.39, 0.29) is 5.78 Å². The molecule has 20 heavy (non-hydrogen) atoms. The van der Waals surface area contributed by atoms with Crippen molar-refractivity contribution in [2.75, 3.05) is 14.2 Å². The van der Waals surface area contributed by atoms with Gasteiger partial charge >= 0.3 is 0 Å². The van der Waals surface area contributed by atoms with E-state index in [9.17, 15) is 4.79 Å². The van der Waals surface area contributed by atoms with Crippen molar-refractivity contribution in [3.63, 3.8) is 0 Å². The van der Waals surface area contributed by atoms with E-state index in [4.69, 9.17) is 9.47 Å². The zero-order valence-electron chi connectivity index (χ0n) is 11.4. The van der Waals surface area contributed by atoms with Crippen molar-refractivity contribution in [3.8, 4) is 11.5 Å². The number of halogens is 1. The summed E-state index contributed by atoms with van der Waals surface area (Å²) < 4.78 is 11.0. The number of hydrogen-bond acceptors (Lipinski definition) is 3. The summed E-state index contributed by atoms with van der Waals surface area (Å²) in [6.07, 6.45) is 0.364. The highest BCUT2D eigenvalue weighted by molar-refractivity contribution is 9.10. The van der Waals surface area contributed by atoms with Crippen LogP contribution in [0.4, 0.5) is 0 Å². The Morgan fingerprint density at radius 1 is 1.05 bits per heavy atom. The number of methoxy groups -OCH3 is 2. The van der Waals surface area contributed by atoms with Gasteiger partial charge in [0.2, 0.25) is 0 Å². The number of Topliss-reactive ketones (excluding diaryl/α,β-unsaturated/α-hetero) is 1. The highest BCUT2D eigenvalue weighted by atomic mass is 79.9. The van der Waals surface area contributed by atoms with Gasteiger partial charge in [-0.25, -0.2) is 0 Å². The molecule has 0 saturated carbocycles. The fraction of sp³-hybridized carbons (Fsp3) is 0.188. The van der Waals surface area contributed by atoms with Crippen LogP contribution in [0.1, 0.15) is 15.9 Å². The van der Waals surface area contributed by atoms with E-state index < -0.39 is 0 Å². The summed E-state index contributed by atoms with van der Waals surface area (Å²) in [7, 11) is 3.22. The van der Waals surface area contributed by atoms with Crippen molar-refractivity contribution in [3.05, 3.63) is 58.1 Å². The van der Waals surface area contributed by atoms with E-state index in [0.29, 0.717) is 17.7 Å². The number of rotatable bonds is 5. The van der Waals surface area contributed by atoms with Crippen molar-refractivity contribution in [1.29, 1.82) is 0 Å². The molecule has 0 N–H and O–H groups in total. The fourth-order valence-corrected chi connectivity index (χ4v) is 2.41. The summed E-state index contributed by atoms with van der Waals surface area (Å²) in [6, 6.07) is 12.8. The normalized spacial score (nSPS) is 10.2. The minimum absolute atomic E-state index is 0.0681. The van der Waals surface area contributed by atoms with E-state index in [1.807, 2.05) is 24.3 Å². The molecule has 2 aromatic rings. The molecule has 0 atom stereocenters. The number of ketones is 1. The van der Waals surface area contributed by atoms with Gasteiger partial charge in [-0.2, -0.15) is 0 Å². The first kappa shape index (κ1) is 14.6. The Bertz CT molecular complexity index is 606. The summed E-state index contributed by atoms with van der Waals surface area (Å²) >= 11 is 3.39. The molecule has 2 rings (SSSR count). The lowest BCUT2D eigenvalue weighted by atomic mass is 10.0. The predicted molar refractivity (Wildman–Crippen MR) is 81.7 cm³/mol. The molecule has 0 fully saturated rings. The number of ether oxygens (including phenoxy) is 2. The average molecular weight is 335 g/mol. The molecule has 0 bridgehead atoms. The van der Waals surface area contributed by atoms with Crippen LogP contribution in [0.25, 0.3) is 0 Å². The van der Waals surface area contributed by atoms with Gasteiger partial charge in [-0.3, -0.25) is 4.79 Å². The molecule has 0 aromatic heterocycles. The van der Waals surface area contributed by atoms with E-state index in [2.05, 4.69) is 15.9 Å². The molecule has 104 valence electrons. The third-order valence-corrected chi connectivity index (χ3v) is 3.62. The molecule has 0 amide bonds. The molecule has 4 heteroatoms. The maximum Gasteiger partial charge on any atom is 0.167 e. The fourth-order valence-electron chi connectivity index (χ4n) is 1.87. The summed E-state index contributed by atoms with van der Waals surface area (Å²) in [4.78, 5) is 12.2. The molecule has 2 aromatic carbocycles. The van der Waals surface area contributed by atoms with Gasteiger partial charge in [-0.05, 0) is 51.8 Å². The Labute approximate surface area is 126 Å². The smallest absolute Gasteiger partial charge is 0.167 e. The number of carbonyl (C=O) groups excluding carboxylic acids is 1. The van der Waals surface area contributed by atoms with E-state index in [1.165, 1.54) is 0 Å². The molecule has 0 aliphatic heterocycles. The van der Waals surface area contributed by atoms with Crippen molar-refractivity contribution in [1.82, 2.24) is 0 Å². The molecule has 0 aliphatic carbocycles. The summed E-state index contributed by atoms with van der Waals surface area (Å²) in [5.74, 6) is 1.57. The first-order chi connectivity index (χ1) is 9.63. The molecule has 3 nitrogen and oxygen atoms in total. The van der Waals surface area contributed by atoms with E-state index in [0.717, 1.165) is 15.8 Å². The Morgan fingerprint density at radius 3 is 2.30 bits per heavy atom. The van der Waals surface area contributed by atoms with Gasteiger partial charge in [-0.15, -0.1) is 0 Å². The molecular weight excluding hydrogens is 320 g/mol. The van der Waals surface area contributed by atoms with Crippen LogP contribution in [-0.2, 0) is 6.42 Å². The zero-order valence-corrected chi connectivity index (χ0v) is 12.9. The van der Waals surface area contributed by atoms with Crippen LogP contribution >= 0.6 is 15.9 Å². The lowest BCUT2D eigenvalue weighted by Gasteiger charge is -2.06. The minimum Gasteiger partial charge on any atom is -0.497 e. The largest absolute Gasteiger partial charge is 0.497 e. The lowest BCUT2D eigenvalue weighted by molar-refractivity contribution is 0.0993. The summed E-state index contributed by atoms with van der Waals surface area (Å²) in [5.41, 5.74) is 1.62. The molecule has 0 saturated heterocycles. The van der Waals surface area contributed by atoms with Gasteiger partial charge in [0, 0.05) is 12.0 Å². The first-order valence-electron chi connectivity index (χ1n) is 6.13. The monoisotopic (exact) mass is 334 g/mol. The maximum absolute atomic E-state index is 12.2. The SMILES string of the molecule is COc1ccc(CC(=O)c2ccc(OC)c(Br)c2)cc1. The average Bonchev–Trinajstić information content (AvgIpc) is 2.48.